The van der Waals surface area contributed by atoms with E-state index in [1.807, 2.05) is 12.1 Å². The minimum Gasteiger partial charge on any atom is -0.398 e. The van der Waals surface area contributed by atoms with Gasteiger partial charge < -0.3 is 55.7 Å². The first-order valence-corrected chi connectivity index (χ1v) is 7.04. The molecule has 0 spiro atoms. The zero-order chi connectivity index (χ0) is 22.5. The Morgan fingerprint density at radius 1 is 0.536 bits per heavy atom. The first-order valence-electron chi connectivity index (χ1n) is 6.28. The van der Waals surface area contributed by atoms with E-state index in [4.69, 9.17) is 78.9 Å². The molecule has 2 aromatic rings. The molecule has 4 N–H and O–H groups in total. The summed E-state index contributed by atoms with van der Waals surface area (Å²) in [5, 5.41) is 1.07. The third kappa shape index (κ3) is 14.2. The van der Waals surface area contributed by atoms with E-state index in [9.17, 15) is 0 Å². The fourth-order valence-electron chi connectivity index (χ4n) is 1.41. The topological polar surface area (TPSA) is 287 Å². The van der Waals surface area contributed by atoms with E-state index < -0.39 is 0 Å². The first-order chi connectivity index (χ1) is 13.2. The van der Waals surface area contributed by atoms with Crippen LogP contribution in [0.3, 0.4) is 0 Å². The summed E-state index contributed by atoms with van der Waals surface area (Å²) < 4.78 is 0. The predicted octanol–water partition coefficient (Wildman–Crippen LogP) is 7.29. The molecule has 0 aliphatic carbocycles. The maximum absolute atomic E-state index is 6.75. The van der Waals surface area contributed by atoms with Gasteiger partial charge in [-0.25, -0.2) is 0 Å². The molecular weight excluding hydrogens is 411 g/mol. The van der Waals surface area contributed by atoms with Crippen molar-refractivity contribution < 1.29 is 0 Å². The largest absolute Gasteiger partial charge is 0.398 e. The second-order valence-corrected chi connectivity index (χ2v) is 4.64. The van der Waals surface area contributed by atoms with E-state index in [1.54, 1.807) is 24.3 Å². The standard InChI is InChI=1S/C12H10Cl2N2.4N3/c13-9-5-7(1-3-11(9)15)8-2-4-12(16)10(14)6-8;4*1-3-2/h1-6H,15-16H2;;;;/q;4*-1. The molecule has 2 aromatic carbocycles. The van der Waals surface area contributed by atoms with Crippen LogP contribution in [0.2, 0.25) is 10.0 Å². The van der Waals surface area contributed by atoms with Crippen molar-refractivity contribution in [2.24, 2.45) is 0 Å². The Balaban J connectivity index is -0.000000434. The number of nitrogens with two attached hydrogens (primary N) is 2. The van der Waals surface area contributed by atoms with Crippen molar-refractivity contribution >= 4 is 34.6 Å². The molecule has 0 atom stereocenters. The van der Waals surface area contributed by atoms with E-state index in [2.05, 4.69) is 0 Å². The molecule has 0 saturated carbocycles. The predicted molar refractivity (Wildman–Crippen MR) is 111 cm³/mol. The van der Waals surface area contributed by atoms with Crippen molar-refractivity contribution in [2.45, 2.75) is 0 Å². The van der Waals surface area contributed by atoms with Crippen LogP contribution in [-0.2, 0) is 0 Å². The van der Waals surface area contributed by atoms with Crippen LogP contribution < -0.4 is 11.5 Å². The third-order valence-electron chi connectivity index (χ3n) is 2.33. The minimum atomic E-state index is 0.533. The van der Waals surface area contributed by atoms with Gasteiger partial charge in [0.1, 0.15) is 0 Å². The molecule has 0 unspecified atom stereocenters. The fraction of sp³-hybridized carbons (Fsp3) is 0. The van der Waals surface area contributed by atoms with Gasteiger partial charge in [0.25, 0.3) is 0 Å². The van der Waals surface area contributed by atoms with Crippen molar-refractivity contribution in [3.63, 3.8) is 0 Å². The highest BCUT2D eigenvalue weighted by atomic mass is 35.5. The lowest BCUT2D eigenvalue weighted by Crippen LogP contribution is -1.88. The van der Waals surface area contributed by atoms with Gasteiger partial charge in [0.2, 0.25) is 0 Å². The van der Waals surface area contributed by atoms with Gasteiger partial charge in [0, 0.05) is 0 Å². The molecule has 28 heavy (non-hydrogen) atoms. The maximum atomic E-state index is 6.75. The van der Waals surface area contributed by atoms with Crippen molar-refractivity contribution in [1.29, 1.82) is 0 Å². The SMILES string of the molecule is Nc1ccc(-c2ccc(N)c(Cl)c2)cc1Cl.[N-]=[N+]=[N-].[N-]=[N+]=[N-].[N-]=[N+]=[N-].[N-]=[N+]=[N-]. The smallest absolute Gasteiger partial charge is 0.0641 e. The minimum absolute atomic E-state index is 0.533. The molecule has 0 radical (unpaired) electrons. The van der Waals surface area contributed by atoms with Crippen LogP contribution in [0.4, 0.5) is 11.4 Å². The number of nitrogens with zero attached hydrogens (tertiary/aromatic N) is 12. The average molecular weight is 421 g/mol. The van der Waals surface area contributed by atoms with Crippen molar-refractivity contribution in [2.75, 3.05) is 11.5 Å². The molecule has 14 nitrogen and oxygen atoms in total. The summed E-state index contributed by atoms with van der Waals surface area (Å²) in [7, 11) is 0. The molecule has 146 valence electrons. The Labute approximate surface area is 167 Å². The van der Waals surface area contributed by atoms with Crippen LogP contribution in [0, 0.1) is 0 Å². The fourth-order valence-corrected chi connectivity index (χ4v) is 1.77. The summed E-state index contributed by atoms with van der Waals surface area (Å²) in [5.74, 6) is 0. The van der Waals surface area contributed by atoms with Gasteiger partial charge in [-0.2, -0.15) is 0 Å². The number of halogens is 2. The third-order valence-corrected chi connectivity index (χ3v) is 2.99. The van der Waals surface area contributed by atoms with E-state index in [0.29, 0.717) is 21.4 Å². The number of benzene rings is 2. The second kappa shape index (κ2) is 19.2. The summed E-state index contributed by atoms with van der Waals surface area (Å²) in [6.07, 6.45) is 0. The summed E-state index contributed by atoms with van der Waals surface area (Å²) >= 11 is 11.9. The molecule has 0 aliphatic heterocycles. The molecule has 0 fully saturated rings. The van der Waals surface area contributed by atoms with E-state index in [0.717, 1.165) is 11.1 Å². The van der Waals surface area contributed by atoms with Crippen molar-refractivity contribution in [3.8, 4) is 11.1 Å². The molecule has 2 rings (SSSR count). The zero-order valence-electron chi connectivity index (χ0n) is 13.7. The number of nitrogen functional groups attached to an aromatic ring is 2. The second-order valence-electron chi connectivity index (χ2n) is 3.83. The Morgan fingerprint density at radius 3 is 0.929 bits per heavy atom. The summed E-state index contributed by atoms with van der Waals surface area (Å²) in [5.41, 5.74) is 68.3. The molecule has 0 amide bonds. The Kier molecular flexibility index (Phi) is 19.6. The van der Waals surface area contributed by atoms with Crippen LogP contribution in [0.5, 0.6) is 0 Å². The van der Waals surface area contributed by atoms with Crippen LogP contribution in [-0.4, -0.2) is 0 Å². The van der Waals surface area contributed by atoms with Gasteiger partial charge in [0.15, 0.2) is 0 Å². The summed E-state index contributed by atoms with van der Waals surface area (Å²) in [4.78, 5) is 6.00. The monoisotopic (exact) mass is 420 g/mol. The number of hydrogen-bond acceptors (Lipinski definition) is 2. The van der Waals surface area contributed by atoms with Gasteiger partial charge in [-0.05, 0) is 35.4 Å². The van der Waals surface area contributed by atoms with Gasteiger partial charge in [-0.15, -0.1) is 0 Å². The summed E-state index contributed by atoms with van der Waals surface area (Å²) in [6, 6.07) is 10.9. The van der Waals surface area contributed by atoms with Gasteiger partial charge in [0.05, 0.1) is 21.4 Å². The molecule has 0 saturated heterocycles. The molecule has 0 bridgehead atoms. The molecule has 0 aromatic heterocycles. The normalized spacial score (nSPS) is 7.07. The van der Waals surface area contributed by atoms with E-state index >= 15 is 0 Å². The van der Waals surface area contributed by atoms with E-state index in [1.165, 1.54) is 19.6 Å². The van der Waals surface area contributed by atoms with Gasteiger partial charge >= 0.3 is 0 Å². The zero-order valence-corrected chi connectivity index (χ0v) is 15.3. The van der Waals surface area contributed by atoms with Gasteiger partial charge in [-0.3, -0.25) is 19.6 Å². The highest BCUT2D eigenvalue weighted by Gasteiger charge is 2.03. The lowest BCUT2D eigenvalue weighted by Gasteiger charge is -2.06. The molecule has 0 aliphatic rings. The highest BCUT2D eigenvalue weighted by Crippen LogP contribution is 2.30. The Hall–Kier alpha value is -4.14. The lowest BCUT2D eigenvalue weighted by atomic mass is 10.1. The average Bonchev–Trinajstić information content (AvgIpc) is 2.63. The molecule has 16 heteroatoms. The Bertz CT molecular complexity index is 774. The Morgan fingerprint density at radius 2 is 0.750 bits per heavy atom. The molecular formula is C12H10Cl2N14-4. The lowest BCUT2D eigenvalue weighted by molar-refractivity contribution is 1.61. The maximum Gasteiger partial charge on any atom is 0.0641 e. The summed E-state index contributed by atoms with van der Waals surface area (Å²) in [6.45, 7) is 0. The molecule has 0 heterocycles. The number of anilines is 2. The number of rotatable bonds is 1. The van der Waals surface area contributed by atoms with Crippen LogP contribution in [0.1, 0.15) is 0 Å². The van der Waals surface area contributed by atoms with Crippen molar-refractivity contribution in [3.05, 3.63) is 110 Å². The van der Waals surface area contributed by atoms with Crippen LogP contribution >= 0.6 is 23.2 Å². The van der Waals surface area contributed by atoms with Crippen LogP contribution in [0.25, 0.3) is 75.0 Å². The highest BCUT2D eigenvalue weighted by molar-refractivity contribution is 6.34. The number of hydrogen-bond donors (Lipinski definition) is 2. The quantitative estimate of drug-likeness (QED) is 0.207. The first kappa shape index (κ1) is 28.7. The van der Waals surface area contributed by atoms with E-state index in [-0.39, 0.29) is 0 Å². The van der Waals surface area contributed by atoms with Gasteiger partial charge in [-0.1, -0.05) is 35.3 Å². The van der Waals surface area contributed by atoms with Crippen molar-refractivity contribution in [1.82, 2.24) is 0 Å². The van der Waals surface area contributed by atoms with Crippen LogP contribution in [0.15, 0.2) is 36.4 Å².